The van der Waals surface area contributed by atoms with Crippen molar-refractivity contribution in [2.24, 2.45) is 0 Å². The number of nitrogens with zero attached hydrogens (tertiary/aromatic N) is 2. The number of carbonyl (C=O) groups excluding carboxylic acids is 1. The van der Waals surface area contributed by atoms with Crippen LogP contribution in [0, 0.1) is 0 Å². The van der Waals surface area contributed by atoms with Crippen LogP contribution in [-0.2, 0) is 19.4 Å². The molecule has 1 aliphatic heterocycles. The van der Waals surface area contributed by atoms with Crippen LogP contribution >= 0.6 is 11.3 Å². The summed E-state index contributed by atoms with van der Waals surface area (Å²) in [5.41, 5.74) is 7.75. The van der Waals surface area contributed by atoms with Crippen LogP contribution < -0.4 is 11.1 Å². The van der Waals surface area contributed by atoms with Crippen molar-refractivity contribution in [1.29, 1.82) is 0 Å². The van der Waals surface area contributed by atoms with Crippen LogP contribution in [0.1, 0.15) is 53.8 Å². The molecular weight excluding hydrogens is 336 g/mol. The highest BCUT2D eigenvalue weighted by Crippen LogP contribution is 2.21. The molecule has 7 heteroatoms. The smallest absolute Gasteiger partial charge is 0.287 e. The van der Waals surface area contributed by atoms with Crippen LogP contribution in [0.5, 0.6) is 0 Å². The third-order valence-corrected chi connectivity index (χ3v) is 5.22. The van der Waals surface area contributed by atoms with Crippen LogP contribution in [-0.4, -0.2) is 35.4 Å². The number of nitrogens with one attached hydrogen (secondary N) is 1. The van der Waals surface area contributed by atoms with E-state index in [0.717, 1.165) is 55.9 Å². The van der Waals surface area contributed by atoms with E-state index in [-0.39, 0.29) is 5.91 Å². The standard InChI is InChI=1S/C18H26N4O2S/c1-2-15-13(11-22-8-3-4-9-22)10-16(24-15)17(23)20-7-5-6-14-12-25-18(19)21-14/h10,12H,2-9,11H2,1H3,(H2,19,21)(H,20,23). The van der Waals surface area contributed by atoms with Gasteiger partial charge >= 0.3 is 0 Å². The lowest BCUT2D eigenvalue weighted by Crippen LogP contribution is -2.24. The first kappa shape index (κ1) is 17.9. The lowest BCUT2D eigenvalue weighted by molar-refractivity contribution is 0.0924. The molecule has 3 heterocycles. The average molecular weight is 362 g/mol. The number of anilines is 1. The Labute approximate surface area is 152 Å². The van der Waals surface area contributed by atoms with E-state index in [1.165, 1.54) is 24.2 Å². The number of aryl methyl sites for hydroxylation is 2. The van der Waals surface area contributed by atoms with Crippen molar-refractivity contribution in [1.82, 2.24) is 15.2 Å². The summed E-state index contributed by atoms with van der Waals surface area (Å²) in [5, 5.41) is 5.48. The Hall–Kier alpha value is -1.86. The van der Waals surface area contributed by atoms with Crippen LogP contribution in [0.15, 0.2) is 15.9 Å². The van der Waals surface area contributed by atoms with Gasteiger partial charge in [-0.05, 0) is 44.8 Å². The van der Waals surface area contributed by atoms with Crippen LogP contribution in [0.3, 0.4) is 0 Å². The van der Waals surface area contributed by atoms with Gasteiger partial charge in [0.1, 0.15) is 5.76 Å². The van der Waals surface area contributed by atoms with E-state index < -0.39 is 0 Å². The van der Waals surface area contributed by atoms with Crippen molar-refractivity contribution in [3.63, 3.8) is 0 Å². The minimum Gasteiger partial charge on any atom is -0.456 e. The number of aromatic nitrogens is 1. The summed E-state index contributed by atoms with van der Waals surface area (Å²) >= 11 is 1.45. The number of rotatable bonds is 8. The predicted molar refractivity (Wildman–Crippen MR) is 99.8 cm³/mol. The van der Waals surface area contributed by atoms with E-state index >= 15 is 0 Å². The van der Waals surface area contributed by atoms with Gasteiger partial charge in [0.2, 0.25) is 0 Å². The van der Waals surface area contributed by atoms with Gasteiger partial charge in [-0.2, -0.15) is 0 Å². The number of carbonyl (C=O) groups is 1. The van der Waals surface area contributed by atoms with Gasteiger partial charge in [-0.15, -0.1) is 11.3 Å². The predicted octanol–water partition coefficient (Wildman–Crippen LogP) is 2.84. The Morgan fingerprint density at radius 1 is 1.44 bits per heavy atom. The normalized spacial score (nSPS) is 14.9. The molecule has 0 spiro atoms. The molecule has 0 bridgehead atoms. The summed E-state index contributed by atoms with van der Waals surface area (Å²) in [6.07, 6.45) is 4.97. The Morgan fingerprint density at radius 3 is 2.92 bits per heavy atom. The number of hydrogen-bond donors (Lipinski definition) is 2. The summed E-state index contributed by atoms with van der Waals surface area (Å²) in [4.78, 5) is 19.0. The molecule has 0 unspecified atom stereocenters. The number of nitrogens with two attached hydrogens (primary N) is 1. The summed E-state index contributed by atoms with van der Waals surface area (Å²) < 4.78 is 5.79. The molecule has 0 aromatic carbocycles. The Morgan fingerprint density at radius 2 is 2.24 bits per heavy atom. The van der Waals surface area contributed by atoms with Crippen molar-refractivity contribution in [3.05, 3.63) is 34.2 Å². The fraction of sp³-hybridized carbons (Fsp3) is 0.556. The van der Waals surface area contributed by atoms with Gasteiger partial charge < -0.3 is 15.5 Å². The van der Waals surface area contributed by atoms with Gasteiger partial charge in [0.05, 0.1) is 5.69 Å². The summed E-state index contributed by atoms with van der Waals surface area (Å²) in [5.74, 6) is 1.21. The highest BCUT2D eigenvalue weighted by molar-refractivity contribution is 7.13. The van der Waals surface area contributed by atoms with Gasteiger partial charge in [-0.3, -0.25) is 9.69 Å². The number of thiazole rings is 1. The van der Waals surface area contributed by atoms with Crippen molar-refractivity contribution < 1.29 is 9.21 Å². The van der Waals surface area contributed by atoms with E-state index in [0.29, 0.717) is 17.4 Å². The zero-order valence-corrected chi connectivity index (χ0v) is 15.5. The van der Waals surface area contributed by atoms with Crippen LogP contribution in [0.4, 0.5) is 5.13 Å². The van der Waals surface area contributed by atoms with Crippen molar-refractivity contribution in [3.8, 4) is 0 Å². The maximum atomic E-state index is 12.3. The zero-order chi connectivity index (χ0) is 17.6. The van der Waals surface area contributed by atoms with E-state index in [1.54, 1.807) is 0 Å². The van der Waals surface area contributed by atoms with Crippen molar-refractivity contribution in [2.75, 3.05) is 25.4 Å². The number of amides is 1. The third-order valence-electron chi connectivity index (χ3n) is 4.50. The van der Waals surface area contributed by atoms with Crippen LogP contribution in [0.25, 0.3) is 0 Å². The van der Waals surface area contributed by atoms with Crippen molar-refractivity contribution in [2.45, 2.75) is 45.6 Å². The highest BCUT2D eigenvalue weighted by atomic mass is 32.1. The molecule has 6 nitrogen and oxygen atoms in total. The second-order valence-corrected chi connectivity index (χ2v) is 7.32. The molecule has 3 rings (SSSR count). The van der Waals surface area contributed by atoms with Gasteiger partial charge in [0, 0.05) is 30.5 Å². The van der Waals surface area contributed by atoms with E-state index in [9.17, 15) is 4.79 Å². The lowest BCUT2D eigenvalue weighted by Gasteiger charge is -2.13. The molecule has 0 radical (unpaired) electrons. The van der Waals surface area contributed by atoms with E-state index in [2.05, 4.69) is 22.1 Å². The summed E-state index contributed by atoms with van der Waals surface area (Å²) in [7, 11) is 0. The molecule has 1 aliphatic rings. The minimum atomic E-state index is -0.139. The molecule has 1 amide bonds. The molecule has 1 saturated heterocycles. The average Bonchev–Trinajstić information content (AvgIpc) is 3.33. The zero-order valence-electron chi connectivity index (χ0n) is 14.7. The highest BCUT2D eigenvalue weighted by Gasteiger charge is 2.19. The van der Waals surface area contributed by atoms with E-state index in [4.69, 9.17) is 10.2 Å². The first-order chi connectivity index (χ1) is 12.2. The van der Waals surface area contributed by atoms with Gasteiger partial charge in [-0.25, -0.2) is 4.98 Å². The largest absolute Gasteiger partial charge is 0.456 e. The second kappa shape index (κ2) is 8.49. The molecule has 2 aromatic heterocycles. The first-order valence-electron chi connectivity index (χ1n) is 8.97. The topological polar surface area (TPSA) is 84.4 Å². The van der Waals surface area contributed by atoms with Gasteiger partial charge in [0.15, 0.2) is 10.9 Å². The molecular formula is C18H26N4O2S. The molecule has 1 fully saturated rings. The molecule has 0 atom stereocenters. The van der Waals surface area contributed by atoms with Gasteiger partial charge in [0.25, 0.3) is 5.91 Å². The van der Waals surface area contributed by atoms with Crippen LogP contribution in [0.2, 0.25) is 0 Å². The van der Waals surface area contributed by atoms with E-state index in [1.807, 2.05) is 11.4 Å². The lowest BCUT2D eigenvalue weighted by atomic mass is 10.2. The monoisotopic (exact) mass is 362 g/mol. The number of furan rings is 1. The Kier molecular flexibility index (Phi) is 6.09. The Bertz CT molecular complexity index is 704. The molecule has 0 saturated carbocycles. The number of hydrogen-bond acceptors (Lipinski definition) is 6. The molecule has 2 aromatic rings. The molecule has 25 heavy (non-hydrogen) atoms. The number of nitrogen functional groups attached to an aromatic ring is 1. The minimum absolute atomic E-state index is 0.139. The molecule has 3 N–H and O–H groups in total. The third kappa shape index (κ3) is 4.83. The number of likely N-dealkylation sites (tertiary alicyclic amines) is 1. The molecule has 136 valence electrons. The SMILES string of the molecule is CCc1oc(C(=O)NCCCc2csc(N)n2)cc1CN1CCCC1. The summed E-state index contributed by atoms with van der Waals surface area (Å²) in [6, 6.07) is 1.91. The summed E-state index contributed by atoms with van der Waals surface area (Å²) in [6.45, 7) is 5.81. The second-order valence-electron chi connectivity index (χ2n) is 6.43. The Balaban J connectivity index is 1.49. The van der Waals surface area contributed by atoms with Crippen molar-refractivity contribution >= 4 is 22.4 Å². The van der Waals surface area contributed by atoms with Gasteiger partial charge in [-0.1, -0.05) is 6.92 Å². The fourth-order valence-corrected chi connectivity index (χ4v) is 3.79. The maximum Gasteiger partial charge on any atom is 0.287 e. The molecule has 0 aliphatic carbocycles. The maximum absolute atomic E-state index is 12.3. The quantitative estimate of drug-likeness (QED) is 0.706. The first-order valence-corrected chi connectivity index (χ1v) is 9.85. The fourth-order valence-electron chi connectivity index (χ4n) is 3.19.